The first-order valence-electron chi connectivity index (χ1n) is 22.3. The Labute approximate surface area is 378 Å². The number of nitrogens with zero attached hydrogens (tertiary/aromatic N) is 4. The minimum absolute atomic E-state index is 0.584. The molecule has 66 heavy (non-hydrogen) atoms. The average molecular weight is 841 g/mol. The van der Waals surface area contributed by atoms with Gasteiger partial charge in [-0.25, -0.2) is 15.0 Å². The Morgan fingerprint density at radius 1 is 0.318 bits per heavy atom. The molecule has 0 bridgehead atoms. The highest BCUT2D eigenvalue weighted by molar-refractivity contribution is 6.23. The fraction of sp³-hybridized carbons (Fsp3) is 0. The van der Waals surface area contributed by atoms with Crippen molar-refractivity contribution in [2.75, 3.05) is 0 Å². The molecule has 0 aliphatic rings. The fourth-order valence-electron chi connectivity index (χ4n) is 10.4. The number of hydrogen-bond acceptors (Lipinski definition) is 4. The molecule has 14 rings (SSSR count). The van der Waals surface area contributed by atoms with E-state index in [9.17, 15) is 0 Å². The van der Waals surface area contributed by atoms with E-state index in [1.54, 1.807) is 0 Å². The summed E-state index contributed by atoms with van der Waals surface area (Å²) in [5.41, 5.74) is 9.77. The Kier molecular flexibility index (Phi) is 7.91. The summed E-state index contributed by atoms with van der Waals surface area (Å²) in [5, 5.41) is 13.7. The van der Waals surface area contributed by atoms with E-state index < -0.39 is 0 Å². The highest BCUT2D eigenvalue weighted by Gasteiger charge is 2.23. The molecule has 14 aromatic rings. The van der Waals surface area contributed by atoms with Crippen LogP contribution in [-0.4, -0.2) is 19.5 Å². The van der Waals surface area contributed by atoms with E-state index in [0.717, 1.165) is 98.8 Å². The normalized spacial score (nSPS) is 11.9. The van der Waals surface area contributed by atoms with Gasteiger partial charge in [-0.1, -0.05) is 164 Å². The van der Waals surface area contributed by atoms with Gasteiger partial charge in [0.05, 0.1) is 11.0 Å². The number of aromatic nitrogens is 4. The quantitative estimate of drug-likeness (QED) is 0.162. The number of fused-ring (bicyclic) bond motifs is 11. The minimum Gasteiger partial charge on any atom is -0.456 e. The summed E-state index contributed by atoms with van der Waals surface area (Å²) in [6, 6.07) is 77.5. The van der Waals surface area contributed by atoms with Crippen molar-refractivity contribution in [3.8, 4) is 51.0 Å². The number of furan rings is 1. The second-order valence-corrected chi connectivity index (χ2v) is 17.1. The Balaban J connectivity index is 1.11. The molecular formula is C61H36N4O. The van der Waals surface area contributed by atoms with E-state index in [1.807, 2.05) is 18.2 Å². The molecule has 5 nitrogen and oxygen atoms in total. The molecule has 306 valence electrons. The fourth-order valence-corrected chi connectivity index (χ4v) is 10.4. The predicted molar refractivity (Wildman–Crippen MR) is 273 cm³/mol. The SMILES string of the molecule is c1ccc(-c2nc(-c3ccc(-n4c5ccccc5c5cc6ccccc6cc54)cc3-c3cccc4oc5ccc6ccccc6c5c34)nc(-c3c4ccccc4cc4ccccc34)n2)cc1. The van der Waals surface area contributed by atoms with Gasteiger partial charge in [0.15, 0.2) is 17.5 Å². The maximum atomic E-state index is 6.72. The smallest absolute Gasteiger partial charge is 0.165 e. The third-order valence-electron chi connectivity index (χ3n) is 13.4. The summed E-state index contributed by atoms with van der Waals surface area (Å²) in [4.78, 5) is 16.3. The van der Waals surface area contributed by atoms with Gasteiger partial charge in [-0.3, -0.25) is 0 Å². The van der Waals surface area contributed by atoms with Crippen molar-refractivity contribution in [3.05, 3.63) is 218 Å². The van der Waals surface area contributed by atoms with Gasteiger partial charge in [0.25, 0.3) is 0 Å². The monoisotopic (exact) mass is 840 g/mol. The van der Waals surface area contributed by atoms with E-state index in [4.69, 9.17) is 19.4 Å². The maximum Gasteiger partial charge on any atom is 0.165 e. The molecule has 11 aromatic carbocycles. The zero-order chi connectivity index (χ0) is 43.3. The van der Waals surface area contributed by atoms with Crippen molar-refractivity contribution in [1.29, 1.82) is 0 Å². The van der Waals surface area contributed by atoms with E-state index in [2.05, 4.69) is 205 Å². The van der Waals surface area contributed by atoms with Crippen LogP contribution in [0.2, 0.25) is 0 Å². The van der Waals surface area contributed by atoms with Crippen molar-refractivity contribution in [2.45, 2.75) is 0 Å². The van der Waals surface area contributed by atoms with Gasteiger partial charge in [-0.15, -0.1) is 0 Å². The highest BCUT2D eigenvalue weighted by atomic mass is 16.3. The molecule has 0 unspecified atom stereocenters. The predicted octanol–water partition coefficient (Wildman–Crippen LogP) is 16.1. The van der Waals surface area contributed by atoms with Crippen LogP contribution in [0.15, 0.2) is 223 Å². The van der Waals surface area contributed by atoms with Gasteiger partial charge in [0, 0.05) is 43.9 Å². The van der Waals surface area contributed by atoms with Crippen LogP contribution in [0.4, 0.5) is 0 Å². The first kappa shape index (κ1) is 36.5. The maximum absolute atomic E-state index is 6.72. The minimum atomic E-state index is 0.584. The lowest BCUT2D eigenvalue weighted by Crippen LogP contribution is -2.03. The first-order chi connectivity index (χ1) is 32.7. The molecule has 3 aromatic heterocycles. The zero-order valence-corrected chi connectivity index (χ0v) is 35.5. The Hall–Kier alpha value is -8.93. The molecule has 3 heterocycles. The van der Waals surface area contributed by atoms with Gasteiger partial charge >= 0.3 is 0 Å². The van der Waals surface area contributed by atoms with Gasteiger partial charge in [-0.05, 0) is 109 Å². The Morgan fingerprint density at radius 2 is 0.939 bits per heavy atom. The summed E-state index contributed by atoms with van der Waals surface area (Å²) in [5.74, 6) is 1.81. The third-order valence-corrected chi connectivity index (χ3v) is 13.4. The molecule has 0 aliphatic carbocycles. The summed E-state index contributed by atoms with van der Waals surface area (Å²) in [6.45, 7) is 0. The van der Waals surface area contributed by atoms with Gasteiger partial charge in [0.2, 0.25) is 0 Å². The third kappa shape index (κ3) is 5.57. The van der Waals surface area contributed by atoms with Crippen LogP contribution in [0.1, 0.15) is 0 Å². The van der Waals surface area contributed by atoms with Crippen LogP contribution in [-0.2, 0) is 0 Å². The molecule has 0 fully saturated rings. The van der Waals surface area contributed by atoms with Gasteiger partial charge in [0.1, 0.15) is 11.2 Å². The second-order valence-electron chi connectivity index (χ2n) is 17.1. The first-order valence-corrected chi connectivity index (χ1v) is 22.3. The van der Waals surface area contributed by atoms with Crippen molar-refractivity contribution in [2.24, 2.45) is 0 Å². The lowest BCUT2D eigenvalue weighted by atomic mass is 9.92. The number of hydrogen-bond donors (Lipinski definition) is 0. The van der Waals surface area contributed by atoms with Gasteiger partial charge in [-0.2, -0.15) is 0 Å². The van der Waals surface area contributed by atoms with Crippen molar-refractivity contribution in [3.63, 3.8) is 0 Å². The zero-order valence-electron chi connectivity index (χ0n) is 35.5. The highest BCUT2D eigenvalue weighted by Crippen LogP contribution is 2.45. The van der Waals surface area contributed by atoms with Crippen molar-refractivity contribution in [1.82, 2.24) is 19.5 Å². The summed E-state index contributed by atoms with van der Waals surface area (Å²) in [6.07, 6.45) is 0. The number of rotatable bonds is 5. The van der Waals surface area contributed by atoms with Crippen LogP contribution in [0.5, 0.6) is 0 Å². The van der Waals surface area contributed by atoms with Crippen molar-refractivity contribution >= 4 is 86.8 Å². The summed E-state index contributed by atoms with van der Waals surface area (Å²) < 4.78 is 9.12. The molecule has 5 heteroatoms. The number of para-hydroxylation sites is 1. The molecule has 0 atom stereocenters. The van der Waals surface area contributed by atoms with Crippen LogP contribution < -0.4 is 0 Å². The second kappa shape index (κ2) is 14.3. The van der Waals surface area contributed by atoms with Gasteiger partial charge < -0.3 is 8.98 Å². The topological polar surface area (TPSA) is 56.7 Å². The van der Waals surface area contributed by atoms with Crippen LogP contribution >= 0.6 is 0 Å². The molecule has 0 aliphatic heterocycles. The van der Waals surface area contributed by atoms with E-state index >= 15 is 0 Å². The van der Waals surface area contributed by atoms with Crippen molar-refractivity contribution < 1.29 is 4.42 Å². The molecule has 0 N–H and O–H groups in total. The molecule has 0 saturated carbocycles. The molecule has 0 amide bonds. The van der Waals surface area contributed by atoms with E-state index in [0.29, 0.717) is 17.5 Å². The number of benzene rings is 11. The van der Waals surface area contributed by atoms with Crippen LogP contribution in [0, 0.1) is 0 Å². The lowest BCUT2D eigenvalue weighted by molar-refractivity contribution is 0.669. The Morgan fingerprint density at radius 3 is 1.73 bits per heavy atom. The summed E-state index contributed by atoms with van der Waals surface area (Å²) in [7, 11) is 0. The lowest BCUT2D eigenvalue weighted by Gasteiger charge is -2.17. The van der Waals surface area contributed by atoms with E-state index in [1.165, 1.54) is 21.5 Å². The average Bonchev–Trinajstić information content (AvgIpc) is 3.93. The molecule has 0 saturated heterocycles. The Bertz CT molecular complexity index is 4240. The molecule has 0 spiro atoms. The van der Waals surface area contributed by atoms with Crippen LogP contribution in [0.25, 0.3) is 138 Å². The van der Waals surface area contributed by atoms with E-state index in [-0.39, 0.29) is 0 Å². The standard InChI is InChI=1S/C61H36N4O/c1-2-16-38(17-3-1)59-62-60(64-61(63-59)56-45-23-10-7-20-41(45)33-42-21-8-11-24-46(42)56)49-31-30-43(65-52-27-13-12-25-47(52)51-34-39-18-4-5-19-40(39)35-53(51)65)36-50(49)48-26-14-28-54-58(48)57-44-22-9-6-15-37(44)29-32-55(57)66-54/h1-36H. The summed E-state index contributed by atoms with van der Waals surface area (Å²) >= 11 is 0. The molecule has 0 radical (unpaired) electrons. The largest absolute Gasteiger partial charge is 0.456 e. The molecular weight excluding hydrogens is 805 g/mol. The van der Waals surface area contributed by atoms with Crippen LogP contribution in [0.3, 0.4) is 0 Å².